The molecule has 0 bridgehead atoms. The summed E-state index contributed by atoms with van der Waals surface area (Å²) in [6.45, 7) is 7.75. The number of benzene rings is 1. The van der Waals surface area contributed by atoms with Crippen molar-refractivity contribution < 1.29 is 17.6 Å². The van der Waals surface area contributed by atoms with Gasteiger partial charge >= 0.3 is 0 Å². The molecule has 1 aromatic carbocycles. The smallest absolute Gasteiger partial charge is 0.281 e. The number of rotatable bonds is 6. The average Bonchev–Trinajstić information content (AvgIpc) is 3.31. The van der Waals surface area contributed by atoms with Crippen molar-refractivity contribution in [3.63, 3.8) is 0 Å². The summed E-state index contributed by atoms with van der Waals surface area (Å²) < 4.78 is 56.6. The SMILES string of the molecule is C=Cc1nc(Cl)ccc1NC(C)c1cc(C)cc2c1nc(N1CCC(F)(F)CC1)n1cc(C(F)F)nc21. The van der Waals surface area contributed by atoms with Gasteiger partial charge in [-0.15, -0.1) is 0 Å². The lowest BCUT2D eigenvalue weighted by Crippen LogP contribution is -2.40. The lowest BCUT2D eigenvalue weighted by molar-refractivity contribution is -0.0222. The zero-order chi connectivity index (χ0) is 26.5. The number of alkyl halides is 4. The molecule has 4 heterocycles. The number of hydrogen-bond acceptors (Lipinski definition) is 5. The Hall–Kier alpha value is -3.40. The third kappa shape index (κ3) is 4.82. The van der Waals surface area contributed by atoms with Gasteiger partial charge in [-0.3, -0.25) is 4.40 Å². The highest BCUT2D eigenvalue weighted by atomic mass is 35.5. The van der Waals surface area contributed by atoms with Crippen molar-refractivity contribution in [2.24, 2.45) is 0 Å². The molecule has 0 spiro atoms. The van der Waals surface area contributed by atoms with Gasteiger partial charge in [-0.25, -0.2) is 32.5 Å². The van der Waals surface area contributed by atoms with Gasteiger partial charge in [0.05, 0.1) is 22.9 Å². The molecule has 0 amide bonds. The van der Waals surface area contributed by atoms with Crippen molar-refractivity contribution in [2.75, 3.05) is 23.3 Å². The topological polar surface area (TPSA) is 58.4 Å². The number of imidazole rings is 1. The van der Waals surface area contributed by atoms with Gasteiger partial charge in [0.1, 0.15) is 16.5 Å². The van der Waals surface area contributed by atoms with Crippen LogP contribution in [0.3, 0.4) is 0 Å². The maximum absolute atomic E-state index is 13.9. The van der Waals surface area contributed by atoms with E-state index in [-0.39, 0.29) is 32.0 Å². The Labute approximate surface area is 216 Å². The minimum Gasteiger partial charge on any atom is -0.377 e. The molecular weight excluding hydrogens is 508 g/mol. The van der Waals surface area contributed by atoms with Gasteiger partial charge in [-0.2, -0.15) is 0 Å². The van der Waals surface area contributed by atoms with Crippen molar-refractivity contribution in [1.82, 2.24) is 19.4 Å². The molecule has 1 saturated heterocycles. The van der Waals surface area contributed by atoms with Gasteiger partial charge in [-0.05, 0) is 43.7 Å². The van der Waals surface area contributed by atoms with E-state index >= 15 is 0 Å². The summed E-state index contributed by atoms with van der Waals surface area (Å²) in [6, 6.07) is 6.99. The number of pyridine rings is 1. The van der Waals surface area contributed by atoms with Gasteiger partial charge in [0, 0.05) is 43.1 Å². The predicted octanol–water partition coefficient (Wildman–Crippen LogP) is 7.23. The van der Waals surface area contributed by atoms with Gasteiger partial charge in [0.2, 0.25) is 5.95 Å². The number of fused-ring (bicyclic) bond motifs is 3. The second kappa shape index (κ2) is 9.48. The first-order valence-electron chi connectivity index (χ1n) is 11.9. The molecule has 1 unspecified atom stereocenters. The quantitative estimate of drug-likeness (QED) is 0.210. The molecule has 1 fully saturated rings. The Kier molecular flexibility index (Phi) is 6.47. The average molecular weight is 533 g/mol. The van der Waals surface area contributed by atoms with Crippen LogP contribution in [0.5, 0.6) is 0 Å². The summed E-state index contributed by atoms with van der Waals surface area (Å²) in [4.78, 5) is 15.1. The van der Waals surface area contributed by atoms with E-state index in [1.807, 2.05) is 26.0 Å². The van der Waals surface area contributed by atoms with Gasteiger partial charge < -0.3 is 10.2 Å². The van der Waals surface area contributed by atoms with Crippen LogP contribution >= 0.6 is 11.6 Å². The zero-order valence-corrected chi connectivity index (χ0v) is 21.0. The summed E-state index contributed by atoms with van der Waals surface area (Å²) in [7, 11) is 0. The second-order valence-electron chi connectivity index (χ2n) is 9.30. The van der Waals surface area contributed by atoms with Gasteiger partial charge in [0.15, 0.2) is 0 Å². The molecule has 0 saturated carbocycles. The van der Waals surface area contributed by atoms with Gasteiger partial charge in [0.25, 0.3) is 12.3 Å². The third-order valence-corrected chi connectivity index (χ3v) is 6.81. The highest BCUT2D eigenvalue weighted by molar-refractivity contribution is 6.29. The van der Waals surface area contributed by atoms with E-state index in [0.717, 1.165) is 11.1 Å². The molecule has 37 heavy (non-hydrogen) atoms. The zero-order valence-electron chi connectivity index (χ0n) is 20.3. The van der Waals surface area contributed by atoms with Crippen LogP contribution < -0.4 is 10.2 Å². The molecule has 3 aromatic heterocycles. The van der Waals surface area contributed by atoms with Crippen molar-refractivity contribution in [1.29, 1.82) is 0 Å². The summed E-state index contributed by atoms with van der Waals surface area (Å²) in [5.41, 5.74) is 3.45. The predicted molar refractivity (Wildman–Crippen MR) is 138 cm³/mol. The Morgan fingerprint density at radius 3 is 2.54 bits per heavy atom. The number of anilines is 2. The summed E-state index contributed by atoms with van der Waals surface area (Å²) >= 11 is 6.03. The van der Waals surface area contributed by atoms with E-state index in [9.17, 15) is 17.6 Å². The van der Waals surface area contributed by atoms with Crippen LogP contribution in [-0.4, -0.2) is 38.4 Å². The number of aromatic nitrogens is 4. The van der Waals surface area contributed by atoms with E-state index in [2.05, 4.69) is 21.9 Å². The number of nitrogens with one attached hydrogen (secondary N) is 1. The minimum atomic E-state index is -2.78. The second-order valence-corrected chi connectivity index (χ2v) is 9.69. The summed E-state index contributed by atoms with van der Waals surface area (Å²) in [5.74, 6) is -2.44. The Morgan fingerprint density at radius 1 is 1.14 bits per heavy atom. The summed E-state index contributed by atoms with van der Waals surface area (Å²) in [5, 5.41) is 4.35. The van der Waals surface area contributed by atoms with Crippen molar-refractivity contribution >= 4 is 45.9 Å². The van der Waals surface area contributed by atoms with Crippen molar-refractivity contribution in [3.8, 4) is 0 Å². The first-order valence-corrected chi connectivity index (χ1v) is 12.2. The number of piperidine rings is 1. The first-order chi connectivity index (χ1) is 17.6. The van der Waals surface area contributed by atoms with Crippen molar-refractivity contribution in [2.45, 2.75) is 45.1 Å². The lowest BCUT2D eigenvalue weighted by Gasteiger charge is -2.33. The van der Waals surface area contributed by atoms with Crippen LogP contribution in [0.1, 0.15) is 54.7 Å². The monoisotopic (exact) mass is 532 g/mol. The van der Waals surface area contributed by atoms with E-state index in [1.165, 1.54) is 10.6 Å². The van der Waals surface area contributed by atoms with Crippen LogP contribution in [0.25, 0.3) is 22.6 Å². The number of aryl methyl sites for hydroxylation is 1. The van der Waals surface area contributed by atoms with E-state index in [0.29, 0.717) is 39.0 Å². The third-order valence-electron chi connectivity index (χ3n) is 6.60. The van der Waals surface area contributed by atoms with Crippen LogP contribution in [0.2, 0.25) is 5.15 Å². The molecule has 0 radical (unpaired) electrons. The molecule has 0 aliphatic carbocycles. The normalized spacial score (nSPS) is 16.5. The first kappa shape index (κ1) is 25.3. The fraction of sp³-hybridized carbons (Fsp3) is 0.346. The molecule has 1 atom stereocenters. The maximum Gasteiger partial charge on any atom is 0.281 e. The molecule has 1 aliphatic rings. The molecule has 1 N–H and O–H groups in total. The van der Waals surface area contributed by atoms with Crippen LogP contribution in [0.15, 0.2) is 37.0 Å². The van der Waals surface area contributed by atoms with Gasteiger partial charge in [-0.1, -0.05) is 24.2 Å². The Morgan fingerprint density at radius 2 is 1.86 bits per heavy atom. The largest absolute Gasteiger partial charge is 0.377 e. The molecule has 4 aromatic rings. The highest BCUT2D eigenvalue weighted by Gasteiger charge is 2.35. The van der Waals surface area contributed by atoms with Crippen molar-refractivity contribution in [3.05, 3.63) is 64.7 Å². The van der Waals surface area contributed by atoms with Crippen LogP contribution in [-0.2, 0) is 0 Å². The highest BCUT2D eigenvalue weighted by Crippen LogP contribution is 2.36. The Balaban J connectivity index is 1.68. The molecule has 6 nitrogen and oxygen atoms in total. The fourth-order valence-corrected chi connectivity index (χ4v) is 4.88. The number of hydrogen-bond donors (Lipinski definition) is 1. The maximum atomic E-state index is 13.9. The van der Waals surface area contributed by atoms with E-state index in [4.69, 9.17) is 16.6 Å². The van der Waals surface area contributed by atoms with Crippen LogP contribution in [0.4, 0.5) is 29.2 Å². The van der Waals surface area contributed by atoms with E-state index in [1.54, 1.807) is 23.1 Å². The molecule has 5 rings (SSSR count). The lowest BCUT2D eigenvalue weighted by atomic mass is 10.0. The van der Waals surface area contributed by atoms with E-state index < -0.39 is 18.0 Å². The number of nitrogens with zero attached hydrogens (tertiary/aromatic N) is 5. The standard InChI is InChI=1S/C26H25ClF4N6/c1-4-18-19(5-6-21(27)33-18)32-15(3)16-11-14(2)12-17-22(16)35-25(36-9-7-26(30,31)8-10-36)37-13-20(23(28)29)34-24(17)37/h4-6,11-13,15,23,32H,1,7-10H2,2-3H3. The molecular formula is C26H25ClF4N6. The Bertz CT molecular complexity index is 1490. The number of halogens is 5. The minimum absolute atomic E-state index is 0.0525. The van der Waals surface area contributed by atoms with Crippen LogP contribution in [0, 0.1) is 6.92 Å². The molecule has 11 heteroatoms. The molecule has 1 aliphatic heterocycles. The fourth-order valence-electron chi connectivity index (χ4n) is 4.73. The molecule has 194 valence electrons. The summed E-state index contributed by atoms with van der Waals surface area (Å²) in [6.07, 6.45) is -0.617.